The van der Waals surface area contributed by atoms with Gasteiger partial charge in [-0.2, -0.15) is 10.2 Å². The fourth-order valence-electron chi connectivity index (χ4n) is 4.08. The highest BCUT2D eigenvalue weighted by Gasteiger charge is 2.31. The van der Waals surface area contributed by atoms with Crippen LogP contribution in [0.25, 0.3) is 10.9 Å². The standard InChI is InChI=1S/C22H24N6O4/c1-27-17-9-13(5-6-14(17)21(26-27)15-7-8-19(29)24-22(15)31)32-11-20(30)23-18-10-16(12-3-4-12)25-28(18)2/h5-6,9-10,12,15H,3-4,7-8,11H2,1-2H3,(H,23,30)(H,24,29,31). The Balaban J connectivity index is 1.27. The quantitative estimate of drug-likeness (QED) is 0.568. The van der Waals surface area contributed by atoms with Crippen molar-refractivity contribution in [1.82, 2.24) is 24.9 Å². The van der Waals surface area contributed by atoms with E-state index in [1.807, 2.05) is 12.1 Å². The minimum Gasteiger partial charge on any atom is -0.484 e. The van der Waals surface area contributed by atoms with E-state index in [1.165, 1.54) is 0 Å². The van der Waals surface area contributed by atoms with Gasteiger partial charge in [-0.15, -0.1) is 0 Å². The zero-order chi connectivity index (χ0) is 22.4. The van der Waals surface area contributed by atoms with Crippen molar-refractivity contribution in [1.29, 1.82) is 0 Å². The lowest BCUT2D eigenvalue weighted by molar-refractivity contribution is -0.134. The van der Waals surface area contributed by atoms with Gasteiger partial charge in [0.25, 0.3) is 5.91 Å². The molecule has 1 atom stereocenters. The van der Waals surface area contributed by atoms with Crippen LogP contribution in [-0.4, -0.2) is 43.9 Å². The summed E-state index contributed by atoms with van der Waals surface area (Å²) in [6.45, 7) is -0.146. The molecule has 5 rings (SSSR count). The van der Waals surface area contributed by atoms with Gasteiger partial charge in [0.1, 0.15) is 11.6 Å². The molecule has 32 heavy (non-hydrogen) atoms. The Morgan fingerprint density at radius 1 is 1.16 bits per heavy atom. The molecule has 1 aromatic carbocycles. The van der Waals surface area contributed by atoms with E-state index in [9.17, 15) is 14.4 Å². The molecule has 166 valence electrons. The van der Waals surface area contributed by atoms with Crippen LogP contribution in [0.1, 0.15) is 48.9 Å². The maximum atomic E-state index is 12.4. The van der Waals surface area contributed by atoms with Crippen molar-refractivity contribution in [2.75, 3.05) is 11.9 Å². The normalized spacial score (nSPS) is 18.6. The Labute approximate surface area is 183 Å². The number of piperidine rings is 1. The predicted octanol–water partition coefficient (Wildman–Crippen LogP) is 1.72. The third kappa shape index (κ3) is 3.83. The van der Waals surface area contributed by atoms with Gasteiger partial charge in [-0.25, -0.2) is 0 Å². The highest BCUT2D eigenvalue weighted by atomic mass is 16.5. The number of rotatable bonds is 6. The van der Waals surface area contributed by atoms with Crippen molar-refractivity contribution in [2.45, 2.75) is 37.5 Å². The number of aryl methyl sites for hydroxylation is 2. The summed E-state index contributed by atoms with van der Waals surface area (Å²) < 4.78 is 9.04. The van der Waals surface area contributed by atoms with Crippen LogP contribution in [0.4, 0.5) is 5.82 Å². The van der Waals surface area contributed by atoms with Crippen molar-refractivity contribution >= 4 is 34.4 Å². The number of carbonyl (C=O) groups excluding carboxylic acids is 3. The van der Waals surface area contributed by atoms with Crippen LogP contribution in [0.2, 0.25) is 0 Å². The van der Waals surface area contributed by atoms with Crippen LogP contribution in [0, 0.1) is 0 Å². The van der Waals surface area contributed by atoms with Crippen LogP contribution in [0.5, 0.6) is 5.75 Å². The number of aromatic nitrogens is 4. The van der Waals surface area contributed by atoms with Crippen LogP contribution < -0.4 is 15.4 Å². The summed E-state index contributed by atoms with van der Waals surface area (Å²) in [4.78, 5) is 36.1. The van der Waals surface area contributed by atoms with Crippen molar-refractivity contribution in [3.63, 3.8) is 0 Å². The van der Waals surface area contributed by atoms with Crippen LogP contribution in [-0.2, 0) is 28.5 Å². The van der Waals surface area contributed by atoms with E-state index in [1.54, 1.807) is 35.6 Å². The number of fused-ring (bicyclic) bond motifs is 1. The molecule has 1 aliphatic carbocycles. The Morgan fingerprint density at radius 3 is 2.72 bits per heavy atom. The van der Waals surface area contributed by atoms with Gasteiger partial charge in [-0.1, -0.05) is 0 Å². The van der Waals surface area contributed by atoms with Gasteiger partial charge >= 0.3 is 0 Å². The second kappa shape index (κ2) is 7.77. The Kier molecular flexibility index (Phi) is 4.91. The minimum absolute atomic E-state index is 0.146. The number of hydrogen-bond donors (Lipinski definition) is 2. The minimum atomic E-state index is -0.464. The number of amides is 3. The predicted molar refractivity (Wildman–Crippen MR) is 115 cm³/mol. The maximum absolute atomic E-state index is 12.4. The zero-order valence-corrected chi connectivity index (χ0v) is 17.9. The van der Waals surface area contributed by atoms with Crippen LogP contribution in [0.15, 0.2) is 24.3 Å². The number of anilines is 1. The Hall–Kier alpha value is -3.69. The number of nitrogens with zero attached hydrogens (tertiary/aromatic N) is 4. The molecule has 0 spiro atoms. The summed E-state index contributed by atoms with van der Waals surface area (Å²) in [5.74, 6) is 0.371. The molecule has 0 radical (unpaired) electrons. The SMILES string of the molecule is Cn1nc(C2CC2)cc1NC(=O)COc1ccc2c(C3CCC(=O)NC3=O)nn(C)c2c1. The van der Waals surface area contributed by atoms with E-state index in [0.717, 1.165) is 29.4 Å². The van der Waals surface area contributed by atoms with E-state index in [2.05, 4.69) is 20.8 Å². The van der Waals surface area contributed by atoms with Gasteiger partial charge in [-0.3, -0.25) is 29.1 Å². The molecule has 2 N–H and O–H groups in total. The van der Waals surface area contributed by atoms with Gasteiger partial charge in [0.15, 0.2) is 6.61 Å². The third-order valence-electron chi connectivity index (χ3n) is 5.95. The summed E-state index contributed by atoms with van der Waals surface area (Å²) >= 11 is 0. The van der Waals surface area contributed by atoms with Crippen LogP contribution >= 0.6 is 0 Å². The Bertz CT molecular complexity index is 1240. The average molecular weight is 436 g/mol. The number of benzene rings is 1. The van der Waals surface area contributed by atoms with E-state index in [0.29, 0.717) is 36.0 Å². The lowest BCUT2D eigenvalue weighted by Crippen LogP contribution is -2.39. The highest BCUT2D eigenvalue weighted by Crippen LogP contribution is 2.40. The number of hydrogen-bond acceptors (Lipinski definition) is 6. The van der Waals surface area contributed by atoms with Gasteiger partial charge in [-0.05, 0) is 31.4 Å². The van der Waals surface area contributed by atoms with Gasteiger partial charge in [0, 0.05) is 44.0 Å². The molecule has 10 heteroatoms. The monoisotopic (exact) mass is 436 g/mol. The topological polar surface area (TPSA) is 120 Å². The number of ether oxygens (including phenoxy) is 1. The third-order valence-corrected chi connectivity index (χ3v) is 5.95. The largest absolute Gasteiger partial charge is 0.484 e. The fraction of sp³-hybridized carbons (Fsp3) is 0.409. The van der Waals surface area contributed by atoms with E-state index < -0.39 is 5.92 Å². The number of nitrogens with one attached hydrogen (secondary N) is 2. The van der Waals surface area contributed by atoms with Gasteiger partial charge < -0.3 is 10.1 Å². The molecule has 10 nitrogen and oxygen atoms in total. The fourth-order valence-corrected chi connectivity index (χ4v) is 4.08. The summed E-state index contributed by atoms with van der Waals surface area (Å²) in [6, 6.07) is 7.29. The second-order valence-corrected chi connectivity index (χ2v) is 8.38. The molecule has 3 heterocycles. The molecule has 2 aromatic heterocycles. The van der Waals surface area contributed by atoms with Crippen molar-refractivity contribution in [3.8, 4) is 5.75 Å². The molecule has 1 unspecified atom stereocenters. The summed E-state index contributed by atoms with van der Waals surface area (Å²) in [6.07, 6.45) is 3.03. The second-order valence-electron chi connectivity index (χ2n) is 8.38. The van der Waals surface area contributed by atoms with Gasteiger partial charge in [0.05, 0.1) is 22.8 Å². The molecule has 1 saturated carbocycles. The highest BCUT2D eigenvalue weighted by molar-refractivity contribution is 6.02. The zero-order valence-electron chi connectivity index (χ0n) is 17.9. The number of imide groups is 1. The lowest BCUT2D eigenvalue weighted by atomic mass is 9.93. The molecule has 0 bridgehead atoms. The van der Waals surface area contributed by atoms with Crippen LogP contribution in [0.3, 0.4) is 0 Å². The first-order valence-corrected chi connectivity index (χ1v) is 10.7. The molecule has 1 saturated heterocycles. The van der Waals surface area contributed by atoms with Gasteiger partial charge in [0.2, 0.25) is 11.8 Å². The molecule has 3 aromatic rings. The first kappa shape index (κ1) is 20.2. The van der Waals surface area contributed by atoms with Crippen molar-refractivity contribution in [3.05, 3.63) is 35.7 Å². The molecule has 2 fully saturated rings. The van der Waals surface area contributed by atoms with E-state index >= 15 is 0 Å². The summed E-state index contributed by atoms with van der Waals surface area (Å²) in [5, 5.41) is 15.0. The average Bonchev–Trinajstić information content (AvgIpc) is 3.48. The molecule has 3 amide bonds. The van der Waals surface area contributed by atoms with E-state index in [4.69, 9.17) is 4.74 Å². The Morgan fingerprint density at radius 2 is 1.97 bits per heavy atom. The maximum Gasteiger partial charge on any atom is 0.263 e. The van der Waals surface area contributed by atoms with Crippen molar-refractivity contribution in [2.24, 2.45) is 14.1 Å². The molecular weight excluding hydrogens is 412 g/mol. The van der Waals surface area contributed by atoms with Crippen molar-refractivity contribution < 1.29 is 19.1 Å². The summed E-state index contributed by atoms with van der Waals surface area (Å²) in [5.41, 5.74) is 2.43. The first-order chi connectivity index (χ1) is 15.4. The van der Waals surface area contributed by atoms with E-state index in [-0.39, 0.29) is 24.3 Å². The molecule has 2 aliphatic rings. The summed E-state index contributed by atoms with van der Waals surface area (Å²) in [7, 11) is 3.59. The molecular formula is C22H24N6O4. The smallest absolute Gasteiger partial charge is 0.263 e. The molecule has 1 aliphatic heterocycles. The number of carbonyl (C=O) groups is 3. The lowest BCUT2D eigenvalue weighted by Gasteiger charge is -2.19. The first-order valence-electron chi connectivity index (χ1n) is 10.7.